The molecule has 290 valence electrons. The molecule has 5 heterocycles. The molecule has 0 bridgehead atoms. The maximum Gasteiger partial charge on any atom is 0.416 e. The number of hydrogen-bond acceptors (Lipinski definition) is 11. The smallest absolute Gasteiger partial charge is 0.416 e. The Labute approximate surface area is 321 Å². The van der Waals surface area contributed by atoms with Gasteiger partial charge in [0.2, 0.25) is 11.7 Å². The van der Waals surface area contributed by atoms with Crippen molar-refractivity contribution in [3.05, 3.63) is 92.4 Å². The minimum Gasteiger partial charge on any atom is -0.504 e. The molecule has 0 radical (unpaired) electrons. The first-order valence-electron chi connectivity index (χ1n) is 17.6. The number of fused-ring (bicyclic) bond motifs is 1. The summed E-state index contributed by atoms with van der Waals surface area (Å²) < 4.78 is 47.9. The highest BCUT2D eigenvalue weighted by molar-refractivity contribution is 6.33. The van der Waals surface area contributed by atoms with Crippen LogP contribution < -0.4 is 15.8 Å². The van der Waals surface area contributed by atoms with Crippen molar-refractivity contribution in [2.24, 2.45) is 0 Å². The van der Waals surface area contributed by atoms with Gasteiger partial charge in [-0.1, -0.05) is 42.8 Å². The van der Waals surface area contributed by atoms with Crippen molar-refractivity contribution in [1.82, 2.24) is 34.0 Å². The van der Waals surface area contributed by atoms with Gasteiger partial charge in [-0.25, -0.2) is 9.97 Å². The average molecular weight is 791 g/mol. The molecule has 2 N–H and O–H groups in total. The average Bonchev–Trinajstić information content (AvgIpc) is 3.87. The molecular formula is C37H34ClF3N10O5. The normalized spacial score (nSPS) is 17.3. The van der Waals surface area contributed by atoms with Crippen molar-refractivity contribution in [1.29, 1.82) is 5.26 Å². The Kier molecular flexibility index (Phi) is 10.2. The van der Waals surface area contributed by atoms with Gasteiger partial charge < -0.3 is 29.5 Å². The summed E-state index contributed by atoms with van der Waals surface area (Å²) >= 11 is 6.15. The zero-order valence-electron chi connectivity index (χ0n) is 30.1. The van der Waals surface area contributed by atoms with Gasteiger partial charge in [0, 0.05) is 38.3 Å². The Morgan fingerprint density at radius 2 is 1.84 bits per heavy atom. The largest absolute Gasteiger partial charge is 0.504 e. The molecular weight excluding hydrogens is 757 g/mol. The summed E-state index contributed by atoms with van der Waals surface area (Å²) in [5.41, 5.74) is -0.268. The number of carbonyl (C=O) groups is 2. The van der Waals surface area contributed by atoms with Crippen LogP contribution in [0.3, 0.4) is 0 Å². The summed E-state index contributed by atoms with van der Waals surface area (Å²) in [4.78, 5) is 57.2. The third kappa shape index (κ3) is 6.99. The number of nitrogens with zero attached hydrogens (tertiary/aromatic N) is 9. The number of aromatic nitrogens is 6. The lowest BCUT2D eigenvalue weighted by atomic mass is 9.81. The van der Waals surface area contributed by atoms with Crippen LogP contribution in [0, 0.1) is 18.3 Å². The Balaban J connectivity index is 1.25. The zero-order chi connectivity index (χ0) is 39.9. The molecule has 56 heavy (non-hydrogen) atoms. The number of nitriles is 1. The van der Waals surface area contributed by atoms with Crippen LogP contribution in [0.25, 0.3) is 17.2 Å². The van der Waals surface area contributed by atoms with E-state index in [1.54, 1.807) is 43.0 Å². The highest BCUT2D eigenvalue weighted by Gasteiger charge is 2.37. The predicted octanol–water partition coefficient (Wildman–Crippen LogP) is 4.38. The van der Waals surface area contributed by atoms with Gasteiger partial charge in [-0.15, -0.1) is 5.10 Å². The summed E-state index contributed by atoms with van der Waals surface area (Å²) in [6.07, 6.45) is -2.65. The van der Waals surface area contributed by atoms with E-state index in [1.807, 2.05) is 0 Å². The molecule has 0 saturated carbocycles. The first-order valence-corrected chi connectivity index (χ1v) is 18.0. The highest BCUT2D eigenvalue weighted by Crippen LogP contribution is 2.35. The number of carbonyl (C=O) groups excluding carboxylic acids is 2. The number of benzene rings is 2. The summed E-state index contributed by atoms with van der Waals surface area (Å²) in [7, 11) is 0. The maximum atomic E-state index is 14.4. The molecule has 0 aliphatic carbocycles. The molecule has 2 saturated heterocycles. The first-order chi connectivity index (χ1) is 26.7. The maximum absolute atomic E-state index is 14.4. The Hall–Kier alpha value is -6.06. The first kappa shape index (κ1) is 38.2. The summed E-state index contributed by atoms with van der Waals surface area (Å²) in [6.45, 7) is 4.38. The molecule has 5 aromatic rings. The van der Waals surface area contributed by atoms with Crippen molar-refractivity contribution in [3.63, 3.8) is 0 Å². The fraction of sp³-hybridized carbons (Fsp3) is 0.351. The van der Waals surface area contributed by atoms with Crippen LogP contribution in [0.1, 0.15) is 46.3 Å². The van der Waals surface area contributed by atoms with E-state index in [9.17, 15) is 37.9 Å². The van der Waals surface area contributed by atoms with Crippen LogP contribution in [-0.4, -0.2) is 90.3 Å². The zero-order valence-corrected chi connectivity index (χ0v) is 30.9. The van der Waals surface area contributed by atoms with Crippen molar-refractivity contribution < 1.29 is 32.6 Å². The van der Waals surface area contributed by atoms with E-state index in [4.69, 9.17) is 21.3 Å². The van der Waals surface area contributed by atoms with E-state index >= 15 is 0 Å². The molecule has 3 aromatic heterocycles. The van der Waals surface area contributed by atoms with E-state index < -0.39 is 41.1 Å². The van der Waals surface area contributed by atoms with E-state index in [-0.39, 0.29) is 84.3 Å². The number of aromatic hydroxyl groups is 1. The monoisotopic (exact) mass is 790 g/mol. The van der Waals surface area contributed by atoms with Crippen molar-refractivity contribution in [3.8, 4) is 23.2 Å². The van der Waals surface area contributed by atoms with Crippen LogP contribution in [0.2, 0.25) is 5.02 Å². The number of aryl methyl sites for hydroxylation is 1. The second-order valence-corrected chi connectivity index (χ2v) is 13.8. The SMILES string of the molecule is CCc1c(N2CCN(C(=O)c3ncnc(C)c3O)CC2)c(=O)n2nc(-c3ccc(C4(C#N)CCOC4)cc3)nc2n1CC(=O)Nc1ccc(C(F)(F)F)cc1Cl. The third-order valence-corrected chi connectivity index (χ3v) is 10.4. The van der Waals surface area contributed by atoms with Gasteiger partial charge in [-0.2, -0.15) is 27.9 Å². The van der Waals surface area contributed by atoms with Crippen LogP contribution in [0.15, 0.2) is 53.6 Å². The van der Waals surface area contributed by atoms with Crippen LogP contribution in [0.5, 0.6) is 5.75 Å². The van der Waals surface area contributed by atoms with Crippen LogP contribution in [0.4, 0.5) is 24.5 Å². The molecule has 2 aromatic carbocycles. The van der Waals surface area contributed by atoms with Gasteiger partial charge in [0.15, 0.2) is 17.3 Å². The molecule has 19 heteroatoms. The summed E-state index contributed by atoms with van der Waals surface area (Å²) in [5, 5.41) is 27.2. The number of rotatable bonds is 8. The second kappa shape index (κ2) is 14.9. The van der Waals surface area contributed by atoms with E-state index in [0.717, 1.165) is 28.3 Å². The standard InChI is InChI=1S/C37H34ClF3N10O5/c1-3-27-30(48-11-13-49(14-12-48)33(54)29-31(53)21(2)43-20-44-29)34(55)51-35(50(27)17-28(52)45-26-9-8-24(16-25(26)38)37(39,40)41)46-32(47-51)22-4-6-23(7-5-22)36(18-42)10-15-56-19-36/h4-9,16,20,53H,3,10-15,17,19H2,1-2H3,(H,45,52). The minimum atomic E-state index is -4.64. The number of ether oxygens (including phenoxy) is 1. The van der Waals surface area contributed by atoms with Gasteiger partial charge in [-0.05, 0) is 43.5 Å². The lowest BCUT2D eigenvalue weighted by Gasteiger charge is -2.36. The topological polar surface area (TPSA) is 184 Å². The van der Waals surface area contributed by atoms with E-state index in [2.05, 4.69) is 26.5 Å². The molecule has 15 nitrogen and oxygen atoms in total. The summed E-state index contributed by atoms with van der Waals surface area (Å²) in [5.74, 6) is -1.28. The molecule has 2 aliphatic heterocycles. The number of piperazine rings is 1. The Bertz CT molecular complexity index is 2450. The fourth-order valence-electron chi connectivity index (χ4n) is 6.97. The minimum absolute atomic E-state index is 0.0319. The van der Waals surface area contributed by atoms with Crippen LogP contribution >= 0.6 is 11.6 Å². The molecule has 7 rings (SSSR count). The summed E-state index contributed by atoms with van der Waals surface area (Å²) in [6, 6.07) is 12.0. The Morgan fingerprint density at radius 1 is 1.11 bits per heavy atom. The van der Waals surface area contributed by atoms with Gasteiger partial charge >= 0.3 is 6.18 Å². The number of anilines is 2. The number of halogens is 4. The van der Waals surface area contributed by atoms with Crippen molar-refractivity contribution >= 4 is 40.6 Å². The van der Waals surface area contributed by atoms with E-state index in [0.29, 0.717) is 24.3 Å². The van der Waals surface area contributed by atoms with Gasteiger partial charge in [-0.3, -0.25) is 14.4 Å². The van der Waals surface area contributed by atoms with E-state index in [1.165, 1.54) is 15.8 Å². The van der Waals surface area contributed by atoms with Crippen molar-refractivity contribution in [2.45, 2.75) is 44.8 Å². The van der Waals surface area contributed by atoms with Gasteiger partial charge in [0.05, 0.1) is 40.3 Å². The molecule has 2 fully saturated rings. The molecule has 2 aliphatic rings. The predicted molar refractivity (Wildman–Crippen MR) is 196 cm³/mol. The number of nitrogens with one attached hydrogen (secondary N) is 1. The number of hydrogen-bond donors (Lipinski definition) is 2. The molecule has 0 spiro atoms. The fourth-order valence-corrected chi connectivity index (χ4v) is 7.20. The second-order valence-electron chi connectivity index (χ2n) is 13.4. The van der Waals surface area contributed by atoms with Gasteiger partial charge in [0.1, 0.15) is 24.0 Å². The lowest BCUT2D eigenvalue weighted by Crippen LogP contribution is -2.51. The third-order valence-electron chi connectivity index (χ3n) is 10.1. The van der Waals surface area contributed by atoms with Crippen molar-refractivity contribution in [2.75, 3.05) is 49.6 Å². The highest BCUT2D eigenvalue weighted by atomic mass is 35.5. The number of amides is 2. The molecule has 2 amide bonds. The van der Waals surface area contributed by atoms with Gasteiger partial charge in [0.25, 0.3) is 11.5 Å². The lowest BCUT2D eigenvalue weighted by molar-refractivity contribution is -0.137. The quantitative estimate of drug-likeness (QED) is 0.228. The molecule has 1 unspecified atom stereocenters. The molecule has 1 atom stereocenters. The Morgan fingerprint density at radius 3 is 2.46 bits per heavy atom. The van der Waals surface area contributed by atoms with Crippen LogP contribution in [-0.2, 0) is 34.1 Å². The number of alkyl halides is 3.